The van der Waals surface area contributed by atoms with Crippen LogP contribution >= 0.6 is 0 Å². The molecule has 0 bridgehead atoms. The molecule has 0 unspecified atom stereocenters. The van der Waals surface area contributed by atoms with E-state index >= 15 is 0 Å². The van der Waals surface area contributed by atoms with E-state index in [2.05, 4.69) is 31.4 Å². The number of benzene rings is 1. The fourth-order valence-corrected chi connectivity index (χ4v) is 13.1. The minimum absolute atomic E-state index is 0.0718. The van der Waals surface area contributed by atoms with Gasteiger partial charge in [0.1, 0.15) is 5.75 Å². The van der Waals surface area contributed by atoms with Crippen LogP contribution in [0.15, 0.2) is 18.2 Å². The van der Waals surface area contributed by atoms with Gasteiger partial charge in [0.25, 0.3) is 11.8 Å². The number of nitrogens with one attached hydrogen (secondary N) is 2. The Kier molecular flexibility index (Phi) is 67.1. The van der Waals surface area contributed by atoms with Gasteiger partial charge >= 0.3 is 0 Å². The molecule has 0 aliphatic carbocycles. The summed E-state index contributed by atoms with van der Waals surface area (Å²) in [4.78, 5) is 26.9. The van der Waals surface area contributed by atoms with Crippen molar-refractivity contribution in [3.05, 3.63) is 29.3 Å². The van der Waals surface area contributed by atoms with E-state index in [1.54, 1.807) is 0 Å². The predicted molar refractivity (Wildman–Crippen MR) is 383 cm³/mol. The van der Waals surface area contributed by atoms with Gasteiger partial charge in [-0.3, -0.25) is 9.59 Å². The van der Waals surface area contributed by atoms with E-state index in [0.29, 0.717) is 36.6 Å². The van der Waals surface area contributed by atoms with Crippen molar-refractivity contribution in [3.8, 4) is 5.75 Å². The van der Waals surface area contributed by atoms with E-state index in [1.807, 2.05) is 18.2 Å². The number of rotatable bonds is 73. The zero-order chi connectivity index (χ0) is 61.6. The molecule has 0 heterocycles. The maximum atomic E-state index is 13.5. The number of hydrogen-bond donors (Lipinski definition) is 2. The SMILES string of the molecule is CCCCCCCCCCCCCCCCCCCCCCCCCCCCCCNC(=O)c1ccc(C(=O)NCCCCCCCCCCCCCCCCCCCCCCCCCCCCCC)c(OCCCCCCCCCCCCC)c1. The van der Waals surface area contributed by atoms with Crippen LogP contribution in [0.1, 0.15) is 472 Å². The Hall–Kier alpha value is -2.04. The van der Waals surface area contributed by atoms with E-state index in [9.17, 15) is 9.59 Å². The van der Waals surface area contributed by atoms with Crippen LogP contribution < -0.4 is 15.4 Å². The Bertz CT molecular complexity index is 1490. The second-order valence-electron chi connectivity index (χ2n) is 27.7. The molecule has 0 saturated carbocycles. The first-order valence-corrected chi connectivity index (χ1v) is 40.0. The lowest BCUT2D eigenvalue weighted by Crippen LogP contribution is -2.26. The molecule has 0 spiro atoms. The maximum absolute atomic E-state index is 13.5. The van der Waals surface area contributed by atoms with Gasteiger partial charge in [0.15, 0.2) is 0 Å². The molecule has 0 atom stereocenters. The third-order valence-corrected chi connectivity index (χ3v) is 19.1. The second kappa shape index (κ2) is 70.4. The molecule has 5 heteroatoms. The second-order valence-corrected chi connectivity index (χ2v) is 27.7. The maximum Gasteiger partial charge on any atom is 0.255 e. The molecule has 0 aliphatic heterocycles. The number of unbranched alkanes of at least 4 members (excludes halogenated alkanes) is 64. The standard InChI is InChI=1S/C81H154N2O3/c1-4-7-10-13-16-19-22-24-26-28-30-32-34-36-38-40-42-44-46-48-50-52-54-56-59-62-65-68-73-82-80(84)77-71-72-78(79(76-77)86-75-70-67-64-61-58-21-18-15-12-9-6-3)81(85)83-74-69-66-63-60-57-55-53-51-49-47-45-43-41-39-37-35-33-31-29-27-25-23-20-17-14-11-8-5-2/h71-72,76H,4-70,73-75H2,1-3H3,(H,82,84)(H,83,85). The van der Waals surface area contributed by atoms with Crippen molar-refractivity contribution >= 4 is 11.8 Å². The first-order valence-electron chi connectivity index (χ1n) is 40.0. The fraction of sp³-hybridized carbons (Fsp3) is 0.901. The monoisotopic (exact) mass is 1200 g/mol. The summed E-state index contributed by atoms with van der Waals surface area (Å²) in [7, 11) is 0. The predicted octanol–water partition coefficient (Wildman–Crippen LogP) is 27.7. The van der Waals surface area contributed by atoms with Crippen molar-refractivity contribution in [2.75, 3.05) is 19.7 Å². The molecular formula is C81H154N2O3. The lowest BCUT2D eigenvalue weighted by molar-refractivity contribution is 0.0937. The summed E-state index contributed by atoms with van der Waals surface area (Å²) < 4.78 is 6.32. The van der Waals surface area contributed by atoms with Gasteiger partial charge in [-0.1, -0.05) is 432 Å². The summed E-state index contributed by atoms with van der Waals surface area (Å²) in [5.74, 6) is 0.382. The lowest BCUT2D eigenvalue weighted by atomic mass is 10.0. The minimum Gasteiger partial charge on any atom is -0.493 e. The summed E-state index contributed by atoms with van der Waals surface area (Å²) in [5, 5.41) is 6.35. The van der Waals surface area contributed by atoms with Gasteiger partial charge in [-0.15, -0.1) is 0 Å². The third-order valence-electron chi connectivity index (χ3n) is 19.1. The quantitative estimate of drug-likeness (QED) is 0.0639. The van der Waals surface area contributed by atoms with Gasteiger partial charge in [0.05, 0.1) is 12.2 Å². The lowest BCUT2D eigenvalue weighted by Gasteiger charge is -2.14. The normalized spacial score (nSPS) is 11.5. The molecule has 2 N–H and O–H groups in total. The van der Waals surface area contributed by atoms with E-state index < -0.39 is 0 Å². The van der Waals surface area contributed by atoms with Crippen molar-refractivity contribution < 1.29 is 14.3 Å². The van der Waals surface area contributed by atoms with Crippen LogP contribution in [-0.4, -0.2) is 31.5 Å². The van der Waals surface area contributed by atoms with Gasteiger partial charge in [-0.05, 0) is 37.5 Å². The molecule has 1 rings (SSSR count). The van der Waals surface area contributed by atoms with Crippen LogP contribution in [0.3, 0.4) is 0 Å². The largest absolute Gasteiger partial charge is 0.493 e. The van der Waals surface area contributed by atoms with Crippen LogP contribution in [0, 0.1) is 0 Å². The summed E-state index contributed by atoms with van der Waals surface area (Å²) in [6, 6.07) is 5.43. The number of amides is 2. The number of hydrogen-bond acceptors (Lipinski definition) is 3. The van der Waals surface area contributed by atoms with E-state index in [1.165, 1.54) is 392 Å². The highest BCUT2D eigenvalue weighted by atomic mass is 16.5. The molecule has 0 fully saturated rings. The van der Waals surface area contributed by atoms with Crippen molar-refractivity contribution in [3.63, 3.8) is 0 Å². The van der Waals surface area contributed by atoms with Crippen LogP contribution in [0.25, 0.3) is 0 Å². The topological polar surface area (TPSA) is 67.4 Å². The molecule has 86 heavy (non-hydrogen) atoms. The summed E-state index contributed by atoms with van der Waals surface area (Å²) in [6.45, 7) is 8.84. The Morgan fingerprint density at radius 1 is 0.256 bits per heavy atom. The molecule has 0 aromatic heterocycles. The van der Waals surface area contributed by atoms with Crippen LogP contribution in [0.2, 0.25) is 0 Å². The molecule has 0 radical (unpaired) electrons. The van der Waals surface area contributed by atoms with Crippen molar-refractivity contribution in [1.29, 1.82) is 0 Å². The van der Waals surface area contributed by atoms with Gasteiger partial charge in [-0.2, -0.15) is 0 Å². The number of carbonyl (C=O) groups excluding carboxylic acids is 2. The first-order chi connectivity index (χ1) is 42.6. The zero-order valence-corrected chi connectivity index (χ0v) is 59.0. The highest BCUT2D eigenvalue weighted by Gasteiger charge is 2.16. The van der Waals surface area contributed by atoms with E-state index in [0.717, 1.165) is 38.5 Å². The number of carbonyl (C=O) groups is 2. The highest BCUT2D eigenvalue weighted by molar-refractivity contribution is 6.00. The van der Waals surface area contributed by atoms with Gasteiger partial charge < -0.3 is 15.4 Å². The molecule has 5 nitrogen and oxygen atoms in total. The summed E-state index contributed by atoms with van der Waals surface area (Å²) >= 11 is 0. The molecular weight excluding hydrogens is 1050 g/mol. The van der Waals surface area contributed by atoms with Gasteiger partial charge in [0, 0.05) is 18.7 Å². The Balaban J connectivity index is 2.16. The average molecular weight is 1200 g/mol. The smallest absolute Gasteiger partial charge is 0.255 e. The third kappa shape index (κ3) is 59.6. The van der Waals surface area contributed by atoms with Crippen LogP contribution in [0.5, 0.6) is 5.75 Å². The van der Waals surface area contributed by atoms with Crippen LogP contribution in [-0.2, 0) is 0 Å². The Morgan fingerprint density at radius 3 is 0.686 bits per heavy atom. The van der Waals surface area contributed by atoms with Crippen molar-refractivity contribution in [1.82, 2.24) is 10.6 Å². The fourth-order valence-electron chi connectivity index (χ4n) is 13.1. The molecule has 0 saturated heterocycles. The molecule has 1 aromatic rings. The van der Waals surface area contributed by atoms with Gasteiger partial charge in [0.2, 0.25) is 0 Å². The molecule has 2 amide bonds. The highest BCUT2D eigenvalue weighted by Crippen LogP contribution is 2.24. The Labute approximate surface area is 539 Å². The summed E-state index contributed by atoms with van der Waals surface area (Å²) in [6.07, 6.45) is 92.5. The molecule has 1 aromatic carbocycles. The van der Waals surface area contributed by atoms with Crippen LogP contribution in [0.4, 0.5) is 0 Å². The van der Waals surface area contributed by atoms with E-state index in [-0.39, 0.29) is 11.8 Å². The summed E-state index contributed by atoms with van der Waals surface area (Å²) in [5.41, 5.74) is 1.13. The molecule has 506 valence electrons. The first kappa shape index (κ1) is 82.0. The zero-order valence-electron chi connectivity index (χ0n) is 59.0. The van der Waals surface area contributed by atoms with E-state index in [4.69, 9.17) is 4.74 Å². The van der Waals surface area contributed by atoms with Gasteiger partial charge in [-0.25, -0.2) is 0 Å². The van der Waals surface area contributed by atoms with Crippen molar-refractivity contribution in [2.45, 2.75) is 451 Å². The Morgan fingerprint density at radius 2 is 0.453 bits per heavy atom. The average Bonchev–Trinajstić information content (AvgIpc) is 3.73. The molecule has 0 aliphatic rings. The number of ether oxygens (including phenoxy) is 1. The van der Waals surface area contributed by atoms with Crippen molar-refractivity contribution in [2.24, 2.45) is 0 Å². The minimum atomic E-state index is -0.0909.